The van der Waals surface area contributed by atoms with Crippen LogP contribution in [0.5, 0.6) is 0 Å². The van der Waals surface area contributed by atoms with Gasteiger partial charge in [0.15, 0.2) is 0 Å². The minimum atomic E-state index is -0.246. The largest absolute Gasteiger partial charge is 0.345 e. The van der Waals surface area contributed by atoms with E-state index < -0.39 is 0 Å². The molecule has 0 saturated carbocycles. The van der Waals surface area contributed by atoms with Crippen LogP contribution >= 0.6 is 11.3 Å². The SMILES string of the molecule is O=C(NN=Cc1cccs1)c1ccc2nc[nH]c2c1. The number of imidazole rings is 1. The highest BCUT2D eigenvalue weighted by molar-refractivity contribution is 7.11. The van der Waals surface area contributed by atoms with Crippen LogP contribution in [0.2, 0.25) is 0 Å². The summed E-state index contributed by atoms with van der Waals surface area (Å²) in [5, 5.41) is 5.87. The molecule has 94 valence electrons. The van der Waals surface area contributed by atoms with Crippen molar-refractivity contribution in [3.05, 3.63) is 52.5 Å². The van der Waals surface area contributed by atoms with Gasteiger partial charge in [-0.15, -0.1) is 11.3 Å². The van der Waals surface area contributed by atoms with Crippen LogP contribution in [0.4, 0.5) is 0 Å². The lowest BCUT2D eigenvalue weighted by molar-refractivity contribution is 0.0955. The number of hydrazone groups is 1. The summed E-state index contributed by atoms with van der Waals surface area (Å²) < 4.78 is 0. The molecule has 19 heavy (non-hydrogen) atoms. The Morgan fingerprint density at radius 2 is 2.37 bits per heavy atom. The Kier molecular flexibility index (Phi) is 3.07. The zero-order valence-corrected chi connectivity index (χ0v) is 10.6. The van der Waals surface area contributed by atoms with Crippen molar-refractivity contribution in [3.8, 4) is 0 Å². The molecule has 3 rings (SSSR count). The summed E-state index contributed by atoms with van der Waals surface area (Å²) in [7, 11) is 0. The van der Waals surface area contributed by atoms with E-state index in [-0.39, 0.29) is 5.91 Å². The Balaban J connectivity index is 1.72. The molecule has 1 aromatic carbocycles. The van der Waals surface area contributed by atoms with Gasteiger partial charge in [0.1, 0.15) is 0 Å². The van der Waals surface area contributed by atoms with Crippen molar-refractivity contribution in [2.45, 2.75) is 0 Å². The van der Waals surface area contributed by atoms with Gasteiger partial charge in [-0.25, -0.2) is 10.4 Å². The number of aromatic amines is 1. The molecule has 0 fully saturated rings. The Hall–Kier alpha value is -2.47. The molecule has 0 bridgehead atoms. The summed E-state index contributed by atoms with van der Waals surface area (Å²) >= 11 is 1.56. The fraction of sp³-hybridized carbons (Fsp3) is 0. The molecule has 0 aliphatic heterocycles. The van der Waals surface area contributed by atoms with E-state index >= 15 is 0 Å². The van der Waals surface area contributed by atoms with E-state index in [0.29, 0.717) is 5.56 Å². The standard InChI is InChI=1S/C13H10N4OS/c18-13(17-16-7-10-2-1-5-19-10)9-3-4-11-12(6-9)15-8-14-11/h1-8H,(H,14,15)(H,17,18). The lowest BCUT2D eigenvalue weighted by Gasteiger charge is -1.99. The number of rotatable bonds is 3. The molecular formula is C13H10N4OS. The number of carbonyl (C=O) groups is 1. The van der Waals surface area contributed by atoms with Crippen LogP contribution in [0, 0.1) is 0 Å². The summed E-state index contributed by atoms with van der Waals surface area (Å²) in [5.74, 6) is -0.246. The Morgan fingerprint density at radius 1 is 1.42 bits per heavy atom. The average Bonchev–Trinajstić information content (AvgIpc) is 3.08. The van der Waals surface area contributed by atoms with Crippen LogP contribution in [-0.2, 0) is 0 Å². The molecule has 2 N–H and O–H groups in total. The third kappa shape index (κ3) is 2.53. The predicted octanol–water partition coefficient (Wildman–Crippen LogP) is 2.39. The van der Waals surface area contributed by atoms with Crippen LogP contribution in [0.25, 0.3) is 11.0 Å². The first kappa shape index (κ1) is 11.6. The lowest BCUT2D eigenvalue weighted by atomic mass is 10.2. The van der Waals surface area contributed by atoms with Gasteiger partial charge < -0.3 is 4.98 Å². The minimum Gasteiger partial charge on any atom is -0.345 e. The molecule has 0 aliphatic rings. The zero-order chi connectivity index (χ0) is 13.1. The molecule has 6 heteroatoms. The van der Waals surface area contributed by atoms with Crippen molar-refractivity contribution in [2.24, 2.45) is 5.10 Å². The number of benzene rings is 1. The van der Waals surface area contributed by atoms with Gasteiger partial charge in [-0.2, -0.15) is 5.10 Å². The van der Waals surface area contributed by atoms with Gasteiger partial charge in [0.05, 0.1) is 23.6 Å². The van der Waals surface area contributed by atoms with E-state index in [1.807, 2.05) is 17.5 Å². The summed E-state index contributed by atoms with van der Waals surface area (Å²) in [5.41, 5.74) is 4.70. The number of hydrogen-bond acceptors (Lipinski definition) is 4. The Labute approximate surface area is 113 Å². The lowest BCUT2D eigenvalue weighted by Crippen LogP contribution is -2.17. The number of nitrogens with one attached hydrogen (secondary N) is 2. The smallest absolute Gasteiger partial charge is 0.271 e. The summed E-state index contributed by atoms with van der Waals surface area (Å²) in [6.45, 7) is 0. The van der Waals surface area contributed by atoms with Crippen molar-refractivity contribution in [1.82, 2.24) is 15.4 Å². The first-order valence-corrected chi connectivity index (χ1v) is 6.51. The molecule has 0 unspecified atom stereocenters. The molecule has 2 heterocycles. The quantitative estimate of drug-likeness (QED) is 0.566. The highest BCUT2D eigenvalue weighted by Crippen LogP contribution is 2.11. The highest BCUT2D eigenvalue weighted by atomic mass is 32.1. The fourth-order valence-electron chi connectivity index (χ4n) is 1.66. The van der Waals surface area contributed by atoms with Crippen LogP contribution < -0.4 is 5.43 Å². The highest BCUT2D eigenvalue weighted by Gasteiger charge is 2.05. The zero-order valence-electron chi connectivity index (χ0n) is 9.83. The van der Waals surface area contributed by atoms with Gasteiger partial charge in [0.25, 0.3) is 5.91 Å². The summed E-state index contributed by atoms with van der Waals surface area (Å²) in [6, 6.07) is 9.12. The van der Waals surface area contributed by atoms with Crippen LogP contribution in [0.15, 0.2) is 47.1 Å². The number of nitrogens with zero attached hydrogens (tertiary/aromatic N) is 2. The number of fused-ring (bicyclic) bond motifs is 1. The maximum Gasteiger partial charge on any atom is 0.271 e. The van der Waals surface area contributed by atoms with E-state index in [2.05, 4.69) is 20.5 Å². The molecule has 0 aliphatic carbocycles. The van der Waals surface area contributed by atoms with Crippen LogP contribution in [0.1, 0.15) is 15.2 Å². The normalized spacial score (nSPS) is 11.2. The summed E-state index contributed by atoms with van der Waals surface area (Å²) in [4.78, 5) is 19.9. The van der Waals surface area contributed by atoms with Gasteiger partial charge in [-0.1, -0.05) is 6.07 Å². The molecule has 1 amide bonds. The van der Waals surface area contributed by atoms with E-state index in [9.17, 15) is 4.79 Å². The van der Waals surface area contributed by atoms with Gasteiger partial charge >= 0.3 is 0 Å². The van der Waals surface area contributed by atoms with Crippen molar-refractivity contribution in [3.63, 3.8) is 0 Å². The van der Waals surface area contributed by atoms with Crippen molar-refractivity contribution < 1.29 is 4.79 Å². The number of amides is 1. The molecule has 5 nitrogen and oxygen atoms in total. The van der Waals surface area contributed by atoms with E-state index in [1.165, 1.54) is 0 Å². The van der Waals surface area contributed by atoms with E-state index in [0.717, 1.165) is 15.9 Å². The average molecular weight is 270 g/mol. The maximum absolute atomic E-state index is 11.9. The van der Waals surface area contributed by atoms with Crippen LogP contribution in [0.3, 0.4) is 0 Å². The third-order valence-corrected chi connectivity index (χ3v) is 3.39. The van der Waals surface area contributed by atoms with Gasteiger partial charge in [-0.05, 0) is 29.6 Å². The Morgan fingerprint density at radius 3 is 3.21 bits per heavy atom. The van der Waals surface area contributed by atoms with Gasteiger partial charge in [0.2, 0.25) is 0 Å². The first-order chi connectivity index (χ1) is 9.33. The van der Waals surface area contributed by atoms with Gasteiger partial charge in [-0.3, -0.25) is 4.79 Å². The number of aromatic nitrogens is 2. The van der Waals surface area contributed by atoms with E-state index in [4.69, 9.17) is 0 Å². The molecule has 0 atom stereocenters. The molecule has 3 aromatic rings. The molecule has 0 spiro atoms. The fourth-order valence-corrected chi connectivity index (χ4v) is 2.25. The molecule has 0 radical (unpaired) electrons. The Bertz CT molecular complexity index is 730. The van der Waals surface area contributed by atoms with Crippen molar-refractivity contribution >= 4 is 34.5 Å². The second-order valence-electron chi connectivity index (χ2n) is 3.85. The first-order valence-electron chi connectivity index (χ1n) is 5.63. The predicted molar refractivity (Wildman–Crippen MR) is 75.5 cm³/mol. The second-order valence-corrected chi connectivity index (χ2v) is 4.83. The van der Waals surface area contributed by atoms with Crippen molar-refractivity contribution in [1.29, 1.82) is 0 Å². The molecular weight excluding hydrogens is 260 g/mol. The molecule has 2 aromatic heterocycles. The van der Waals surface area contributed by atoms with Crippen LogP contribution in [-0.4, -0.2) is 22.1 Å². The monoisotopic (exact) mass is 270 g/mol. The second kappa shape index (κ2) is 5.03. The topological polar surface area (TPSA) is 70.1 Å². The number of hydrogen-bond donors (Lipinski definition) is 2. The molecule has 0 saturated heterocycles. The van der Waals surface area contributed by atoms with Crippen molar-refractivity contribution in [2.75, 3.05) is 0 Å². The van der Waals surface area contributed by atoms with Gasteiger partial charge in [0, 0.05) is 10.4 Å². The third-order valence-electron chi connectivity index (χ3n) is 2.58. The number of H-pyrrole nitrogens is 1. The number of thiophene rings is 1. The summed E-state index contributed by atoms with van der Waals surface area (Å²) in [6.07, 6.45) is 3.22. The van der Waals surface area contributed by atoms with E-state index in [1.54, 1.807) is 42.1 Å². The maximum atomic E-state index is 11.9. The number of carbonyl (C=O) groups excluding carboxylic acids is 1. The minimum absolute atomic E-state index is 0.246.